The van der Waals surface area contributed by atoms with Gasteiger partial charge in [0.25, 0.3) is 11.6 Å². The lowest BCUT2D eigenvalue weighted by Gasteiger charge is -1.95. The van der Waals surface area contributed by atoms with Gasteiger partial charge in [-0.3, -0.25) is 9.59 Å². The number of carbonyl (C=O) groups is 2. The Labute approximate surface area is 108 Å². The first-order chi connectivity index (χ1) is 7.58. The predicted molar refractivity (Wildman–Crippen MR) is 65.6 cm³/mol. The van der Waals surface area contributed by atoms with Gasteiger partial charge in [-0.1, -0.05) is 0 Å². The zero-order valence-corrected chi connectivity index (χ0v) is 11.1. The maximum absolute atomic E-state index is 11.7. The number of aromatic nitrogens is 2. The molecule has 2 aromatic heterocycles. The minimum Gasteiger partial charge on any atom is -0.346 e. The smallest absolute Gasteiger partial charge is 0.251 e. The summed E-state index contributed by atoms with van der Waals surface area (Å²) in [4.78, 5) is 29.0. The van der Waals surface area contributed by atoms with Crippen molar-refractivity contribution >= 4 is 43.4 Å². The maximum atomic E-state index is 11.7. The summed E-state index contributed by atoms with van der Waals surface area (Å²) in [7, 11) is 0. The molecule has 16 heavy (non-hydrogen) atoms. The van der Waals surface area contributed by atoms with Crippen molar-refractivity contribution < 1.29 is 9.59 Å². The molecule has 0 bridgehead atoms. The molecule has 2 aromatic rings. The molecule has 6 heteroatoms. The van der Waals surface area contributed by atoms with Crippen LogP contribution in [0.1, 0.15) is 21.0 Å². The zero-order valence-electron chi connectivity index (χ0n) is 7.88. The van der Waals surface area contributed by atoms with Gasteiger partial charge in [0.1, 0.15) is 0 Å². The molecule has 4 nitrogen and oxygen atoms in total. The number of nitrogens with one attached hydrogen (secondary N) is 2. The predicted octanol–water partition coefficient (Wildman–Crippen LogP) is 2.93. The highest BCUT2D eigenvalue weighted by molar-refractivity contribution is 9.10. The molecular formula is C10H6Br2N2O2. The first-order valence-corrected chi connectivity index (χ1v) is 5.94. The summed E-state index contributed by atoms with van der Waals surface area (Å²) in [6.07, 6.45) is 0. The highest BCUT2D eigenvalue weighted by atomic mass is 79.9. The van der Waals surface area contributed by atoms with Crippen LogP contribution in [0.5, 0.6) is 0 Å². The first kappa shape index (κ1) is 11.3. The van der Waals surface area contributed by atoms with Crippen LogP contribution >= 0.6 is 31.9 Å². The van der Waals surface area contributed by atoms with Gasteiger partial charge in [-0.2, -0.15) is 0 Å². The standard InChI is InChI=1S/C10H6Br2N2O2/c11-7-3-1-5(13-7)9(15)10(16)6-2-4-8(12)14-6/h1-4,13-14H. The molecule has 0 unspecified atom stereocenters. The Hall–Kier alpha value is -1.14. The van der Waals surface area contributed by atoms with Gasteiger partial charge in [0.15, 0.2) is 0 Å². The summed E-state index contributed by atoms with van der Waals surface area (Å²) < 4.78 is 1.33. The Bertz CT molecular complexity index is 506. The van der Waals surface area contributed by atoms with E-state index in [9.17, 15) is 9.59 Å². The topological polar surface area (TPSA) is 65.7 Å². The molecule has 0 fully saturated rings. The number of ketones is 2. The molecule has 0 spiro atoms. The van der Waals surface area contributed by atoms with E-state index in [1.165, 1.54) is 0 Å². The Morgan fingerprint density at radius 1 is 0.812 bits per heavy atom. The van der Waals surface area contributed by atoms with E-state index >= 15 is 0 Å². The van der Waals surface area contributed by atoms with E-state index in [0.717, 1.165) is 0 Å². The van der Waals surface area contributed by atoms with Crippen LogP contribution < -0.4 is 0 Å². The van der Waals surface area contributed by atoms with Gasteiger partial charge in [-0.15, -0.1) is 0 Å². The van der Waals surface area contributed by atoms with Crippen molar-refractivity contribution in [3.05, 3.63) is 44.9 Å². The lowest BCUT2D eigenvalue weighted by Crippen LogP contribution is -2.15. The van der Waals surface area contributed by atoms with Crippen LogP contribution in [0, 0.1) is 0 Å². The molecular weight excluding hydrogens is 340 g/mol. The Morgan fingerprint density at radius 3 is 1.44 bits per heavy atom. The molecule has 0 aliphatic carbocycles. The van der Waals surface area contributed by atoms with Crippen LogP contribution in [-0.2, 0) is 0 Å². The van der Waals surface area contributed by atoms with Gasteiger partial charge >= 0.3 is 0 Å². The summed E-state index contributed by atoms with van der Waals surface area (Å²) in [5.41, 5.74) is 0.533. The van der Waals surface area contributed by atoms with Gasteiger partial charge in [0.05, 0.1) is 20.6 Å². The van der Waals surface area contributed by atoms with Gasteiger partial charge in [-0.25, -0.2) is 0 Å². The van der Waals surface area contributed by atoms with E-state index < -0.39 is 11.6 Å². The number of hydrogen-bond donors (Lipinski definition) is 2. The minimum absolute atomic E-state index is 0.266. The molecule has 0 aromatic carbocycles. The van der Waals surface area contributed by atoms with Crippen molar-refractivity contribution in [1.82, 2.24) is 9.97 Å². The van der Waals surface area contributed by atoms with E-state index in [1.54, 1.807) is 24.3 Å². The van der Waals surface area contributed by atoms with Crippen LogP contribution in [0.25, 0.3) is 0 Å². The van der Waals surface area contributed by atoms with Crippen molar-refractivity contribution in [2.24, 2.45) is 0 Å². The SMILES string of the molecule is O=C(C(=O)c1ccc(Br)[nH]1)c1ccc(Br)[nH]1. The molecule has 2 heterocycles. The summed E-state index contributed by atoms with van der Waals surface area (Å²) in [5, 5.41) is 0. The van der Waals surface area contributed by atoms with E-state index in [2.05, 4.69) is 41.8 Å². The molecule has 0 aliphatic heterocycles. The Morgan fingerprint density at radius 2 is 1.19 bits per heavy atom. The third-order valence-electron chi connectivity index (χ3n) is 2.00. The highest BCUT2D eigenvalue weighted by Crippen LogP contribution is 2.13. The fourth-order valence-electron chi connectivity index (χ4n) is 1.25. The Balaban J connectivity index is 2.26. The van der Waals surface area contributed by atoms with Gasteiger partial charge in [0, 0.05) is 0 Å². The fourth-order valence-corrected chi connectivity index (χ4v) is 1.94. The molecule has 0 saturated heterocycles. The lowest BCUT2D eigenvalue weighted by molar-refractivity contribution is 0.0812. The summed E-state index contributed by atoms with van der Waals surface area (Å²) in [6, 6.07) is 6.46. The molecule has 2 N–H and O–H groups in total. The zero-order chi connectivity index (χ0) is 11.7. The summed E-state index contributed by atoms with van der Waals surface area (Å²) in [6.45, 7) is 0. The second kappa shape index (κ2) is 4.39. The largest absolute Gasteiger partial charge is 0.346 e. The van der Waals surface area contributed by atoms with Gasteiger partial charge in [-0.05, 0) is 56.1 Å². The normalized spacial score (nSPS) is 10.4. The molecule has 0 aliphatic rings. The molecule has 0 amide bonds. The van der Waals surface area contributed by atoms with Crippen LogP contribution in [0.2, 0.25) is 0 Å². The Kier molecular flexibility index (Phi) is 3.11. The van der Waals surface area contributed by atoms with Gasteiger partial charge in [0.2, 0.25) is 0 Å². The average molecular weight is 346 g/mol. The first-order valence-electron chi connectivity index (χ1n) is 4.36. The number of rotatable bonds is 3. The minimum atomic E-state index is -0.569. The van der Waals surface area contributed by atoms with E-state index in [0.29, 0.717) is 9.21 Å². The number of halogens is 2. The monoisotopic (exact) mass is 344 g/mol. The van der Waals surface area contributed by atoms with Crippen LogP contribution in [0.3, 0.4) is 0 Å². The second-order valence-corrected chi connectivity index (χ2v) is 4.81. The van der Waals surface area contributed by atoms with Crippen LogP contribution in [-0.4, -0.2) is 21.5 Å². The average Bonchev–Trinajstić information content (AvgIpc) is 2.85. The second-order valence-electron chi connectivity index (χ2n) is 3.10. The molecule has 0 saturated carbocycles. The third kappa shape index (κ3) is 2.17. The van der Waals surface area contributed by atoms with Crippen molar-refractivity contribution in [1.29, 1.82) is 0 Å². The van der Waals surface area contributed by atoms with Crippen LogP contribution in [0.15, 0.2) is 33.5 Å². The maximum Gasteiger partial charge on any atom is 0.251 e. The third-order valence-corrected chi connectivity index (χ3v) is 2.92. The summed E-state index contributed by atoms with van der Waals surface area (Å²) >= 11 is 6.35. The fraction of sp³-hybridized carbons (Fsp3) is 0. The number of carbonyl (C=O) groups excluding carboxylic acids is 2. The molecule has 82 valence electrons. The number of H-pyrrole nitrogens is 2. The number of aromatic amines is 2. The van der Waals surface area contributed by atoms with E-state index in [-0.39, 0.29) is 11.4 Å². The molecule has 0 radical (unpaired) electrons. The van der Waals surface area contributed by atoms with E-state index in [4.69, 9.17) is 0 Å². The highest BCUT2D eigenvalue weighted by Gasteiger charge is 2.20. The van der Waals surface area contributed by atoms with Crippen molar-refractivity contribution in [2.75, 3.05) is 0 Å². The number of Topliss-reactive ketones (excluding diaryl/α,β-unsaturated/α-hetero) is 2. The van der Waals surface area contributed by atoms with Crippen molar-refractivity contribution in [2.45, 2.75) is 0 Å². The molecule has 0 atom stereocenters. The van der Waals surface area contributed by atoms with Crippen molar-refractivity contribution in [3.8, 4) is 0 Å². The van der Waals surface area contributed by atoms with Crippen LogP contribution in [0.4, 0.5) is 0 Å². The van der Waals surface area contributed by atoms with Gasteiger partial charge < -0.3 is 9.97 Å². The number of hydrogen-bond acceptors (Lipinski definition) is 2. The molecule has 2 rings (SSSR count). The summed E-state index contributed by atoms with van der Waals surface area (Å²) in [5.74, 6) is -1.14. The lowest BCUT2D eigenvalue weighted by atomic mass is 10.1. The van der Waals surface area contributed by atoms with E-state index in [1.807, 2.05) is 0 Å². The van der Waals surface area contributed by atoms with Crippen molar-refractivity contribution in [3.63, 3.8) is 0 Å². The quantitative estimate of drug-likeness (QED) is 0.663.